The Bertz CT molecular complexity index is 901. The Labute approximate surface area is 184 Å². The number of carbonyl (C=O) groups excluding carboxylic acids is 1. The topological polar surface area (TPSA) is 62.8 Å². The summed E-state index contributed by atoms with van der Waals surface area (Å²) in [4.78, 5) is 15.1. The highest BCUT2D eigenvalue weighted by Gasteiger charge is 2.23. The molecule has 2 aromatic rings. The maximum Gasteiger partial charge on any atom is 0.315 e. The van der Waals surface area contributed by atoms with E-state index in [1.807, 2.05) is 25.1 Å². The van der Waals surface area contributed by atoms with Crippen LogP contribution in [0.5, 0.6) is 11.5 Å². The maximum absolute atomic E-state index is 12.6. The smallest absolute Gasteiger partial charge is 0.315 e. The molecule has 0 aromatic heterocycles. The molecule has 0 aliphatic carbocycles. The molecule has 0 fully saturated rings. The quantitative estimate of drug-likeness (QED) is 0.736. The zero-order valence-corrected chi connectivity index (χ0v) is 18.5. The zero-order chi connectivity index (χ0) is 21.6. The van der Waals surface area contributed by atoms with Crippen molar-refractivity contribution in [2.24, 2.45) is 0 Å². The second-order valence-electron chi connectivity index (χ2n) is 8.38. The van der Waals surface area contributed by atoms with E-state index in [0.29, 0.717) is 25.8 Å². The lowest BCUT2D eigenvalue weighted by molar-refractivity contribution is 0.169. The molecule has 2 aliphatic rings. The van der Waals surface area contributed by atoms with Crippen molar-refractivity contribution in [1.29, 1.82) is 0 Å². The highest BCUT2D eigenvalue weighted by atomic mass is 16.5. The lowest BCUT2D eigenvalue weighted by atomic mass is 9.98. The number of hydrogen-bond donors (Lipinski definition) is 2. The summed E-state index contributed by atoms with van der Waals surface area (Å²) in [7, 11) is 0. The minimum atomic E-state index is -0.143. The average Bonchev–Trinajstić information content (AvgIpc) is 3.04. The van der Waals surface area contributed by atoms with Gasteiger partial charge in [-0.2, -0.15) is 0 Å². The van der Waals surface area contributed by atoms with Gasteiger partial charge in [0.1, 0.15) is 0 Å². The zero-order valence-electron chi connectivity index (χ0n) is 18.5. The van der Waals surface area contributed by atoms with Crippen LogP contribution in [0.3, 0.4) is 0 Å². The molecular weight excluding hydrogens is 390 g/mol. The first kappa shape index (κ1) is 21.5. The van der Waals surface area contributed by atoms with Crippen molar-refractivity contribution in [2.45, 2.75) is 51.7 Å². The SMILES string of the molecule is CCC(CNC(=O)NC(C)c1ccc2c(c1)OCCCO2)N1CCc2ccccc2C1. The van der Waals surface area contributed by atoms with Crippen LogP contribution in [-0.2, 0) is 13.0 Å². The fraction of sp³-hybridized carbons (Fsp3) is 0.480. The highest BCUT2D eigenvalue weighted by molar-refractivity contribution is 5.74. The second-order valence-corrected chi connectivity index (χ2v) is 8.38. The molecule has 2 N–H and O–H groups in total. The Morgan fingerprint density at radius 2 is 1.87 bits per heavy atom. The molecule has 2 unspecified atom stereocenters. The summed E-state index contributed by atoms with van der Waals surface area (Å²) in [5, 5.41) is 6.13. The predicted molar refractivity (Wildman–Crippen MR) is 122 cm³/mol. The van der Waals surface area contributed by atoms with Crippen molar-refractivity contribution in [1.82, 2.24) is 15.5 Å². The van der Waals surface area contributed by atoms with Crippen LogP contribution in [0.4, 0.5) is 4.79 Å². The normalized spacial score (nSPS) is 17.7. The molecule has 2 amide bonds. The third kappa shape index (κ3) is 5.31. The largest absolute Gasteiger partial charge is 0.490 e. The van der Waals surface area contributed by atoms with Gasteiger partial charge in [-0.1, -0.05) is 37.3 Å². The molecule has 0 saturated carbocycles. The van der Waals surface area contributed by atoms with E-state index in [-0.39, 0.29) is 12.1 Å². The van der Waals surface area contributed by atoms with Gasteiger partial charge in [0.25, 0.3) is 0 Å². The highest BCUT2D eigenvalue weighted by Crippen LogP contribution is 2.32. The van der Waals surface area contributed by atoms with E-state index < -0.39 is 0 Å². The molecule has 6 nitrogen and oxygen atoms in total. The number of urea groups is 1. The van der Waals surface area contributed by atoms with Gasteiger partial charge in [-0.25, -0.2) is 4.79 Å². The molecule has 0 radical (unpaired) electrons. The summed E-state index contributed by atoms with van der Waals surface area (Å²) in [6, 6.07) is 14.6. The van der Waals surface area contributed by atoms with Crippen LogP contribution in [0.1, 0.15) is 49.4 Å². The molecule has 0 saturated heterocycles. The minimum Gasteiger partial charge on any atom is -0.490 e. The molecule has 2 atom stereocenters. The van der Waals surface area contributed by atoms with Gasteiger partial charge in [-0.3, -0.25) is 4.90 Å². The lowest BCUT2D eigenvalue weighted by Gasteiger charge is -2.35. The number of fused-ring (bicyclic) bond motifs is 2. The summed E-state index contributed by atoms with van der Waals surface area (Å²) < 4.78 is 11.5. The van der Waals surface area contributed by atoms with Crippen LogP contribution in [0, 0.1) is 0 Å². The third-order valence-electron chi connectivity index (χ3n) is 6.27. The van der Waals surface area contributed by atoms with Gasteiger partial charge in [-0.05, 0) is 48.6 Å². The average molecular weight is 424 g/mol. The third-order valence-corrected chi connectivity index (χ3v) is 6.27. The van der Waals surface area contributed by atoms with Crippen LogP contribution in [0.15, 0.2) is 42.5 Å². The van der Waals surface area contributed by atoms with Crippen LogP contribution in [-0.4, -0.2) is 43.3 Å². The van der Waals surface area contributed by atoms with Gasteiger partial charge in [0.2, 0.25) is 0 Å². The van der Waals surface area contributed by atoms with E-state index in [0.717, 1.165) is 49.4 Å². The predicted octanol–water partition coefficient (Wildman–Crippen LogP) is 4.05. The van der Waals surface area contributed by atoms with E-state index in [2.05, 4.69) is 46.7 Å². The van der Waals surface area contributed by atoms with Gasteiger partial charge in [0.05, 0.1) is 19.3 Å². The van der Waals surface area contributed by atoms with Gasteiger partial charge in [-0.15, -0.1) is 0 Å². The van der Waals surface area contributed by atoms with Crippen molar-refractivity contribution in [3.05, 3.63) is 59.2 Å². The fourth-order valence-corrected chi connectivity index (χ4v) is 4.35. The second kappa shape index (κ2) is 10.1. The summed E-state index contributed by atoms with van der Waals surface area (Å²) >= 11 is 0. The number of nitrogens with one attached hydrogen (secondary N) is 2. The minimum absolute atomic E-state index is 0.126. The number of amides is 2. The molecular formula is C25H33N3O3. The van der Waals surface area contributed by atoms with E-state index in [9.17, 15) is 4.79 Å². The Balaban J connectivity index is 1.30. The summed E-state index contributed by atoms with van der Waals surface area (Å²) in [6.45, 7) is 8.11. The first-order chi connectivity index (χ1) is 15.1. The van der Waals surface area contributed by atoms with Crippen molar-refractivity contribution in [2.75, 3.05) is 26.3 Å². The number of benzene rings is 2. The first-order valence-corrected chi connectivity index (χ1v) is 11.4. The van der Waals surface area contributed by atoms with Gasteiger partial charge >= 0.3 is 6.03 Å². The van der Waals surface area contributed by atoms with E-state index in [4.69, 9.17) is 9.47 Å². The molecule has 2 aliphatic heterocycles. The monoisotopic (exact) mass is 423 g/mol. The molecule has 6 heteroatoms. The Morgan fingerprint density at radius 1 is 1.10 bits per heavy atom. The van der Waals surface area contributed by atoms with E-state index in [1.54, 1.807) is 0 Å². The fourth-order valence-electron chi connectivity index (χ4n) is 4.35. The summed E-state index contributed by atoms with van der Waals surface area (Å²) in [5.41, 5.74) is 3.85. The van der Waals surface area contributed by atoms with E-state index in [1.165, 1.54) is 11.1 Å². The molecule has 0 spiro atoms. The van der Waals surface area contributed by atoms with E-state index >= 15 is 0 Å². The Kier molecular flexibility index (Phi) is 6.97. The van der Waals surface area contributed by atoms with Crippen LogP contribution in [0.25, 0.3) is 0 Å². The lowest BCUT2D eigenvalue weighted by Crippen LogP contribution is -2.48. The molecule has 31 heavy (non-hydrogen) atoms. The number of nitrogens with zero attached hydrogens (tertiary/aromatic N) is 1. The maximum atomic E-state index is 12.6. The number of rotatable bonds is 6. The molecule has 2 aromatic carbocycles. The van der Waals surface area contributed by atoms with Crippen molar-refractivity contribution >= 4 is 6.03 Å². The van der Waals surface area contributed by atoms with Gasteiger partial charge < -0.3 is 20.1 Å². The van der Waals surface area contributed by atoms with Gasteiger partial charge in [0, 0.05) is 32.1 Å². The molecule has 0 bridgehead atoms. The van der Waals surface area contributed by atoms with Crippen molar-refractivity contribution in [3.63, 3.8) is 0 Å². The van der Waals surface area contributed by atoms with Crippen LogP contribution < -0.4 is 20.1 Å². The summed E-state index contributed by atoms with van der Waals surface area (Å²) in [6.07, 6.45) is 2.95. The van der Waals surface area contributed by atoms with Crippen LogP contribution >= 0.6 is 0 Å². The number of carbonyl (C=O) groups is 1. The molecule has 2 heterocycles. The molecule has 166 valence electrons. The summed E-state index contributed by atoms with van der Waals surface area (Å²) in [5.74, 6) is 1.52. The first-order valence-electron chi connectivity index (χ1n) is 11.4. The standard InChI is InChI=1S/C25H33N3O3/c1-3-22(28-12-11-19-7-4-5-8-21(19)17-28)16-26-25(29)27-18(2)20-9-10-23-24(15-20)31-14-6-13-30-23/h4-5,7-10,15,18,22H,3,6,11-14,16-17H2,1-2H3,(H2,26,27,29). The Hall–Kier alpha value is -2.73. The Morgan fingerprint density at radius 3 is 2.68 bits per heavy atom. The number of ether oxygens (including phenoxy) is 2. The molecule has 4 rings (SSSR count). The van der Waals surface area contributed by atoms with Gasteiger partial charge in [0.15, 0.2) is 11.5 Å². The van der Waals surface area contributed by atoms with Crippen molar-refractivity contribution < 1.29 is 14.3 Å². The van der Waals surface area contributed by atoms with Crippen molar-refractivity contribution in [3.8, 4) is 11.5 Å². The number of hydrogen-bond acceptors (Lipinski definition) is 4. The van der Waals surface area contributed by atoms with Crippen LogP contribution in [0.2, 0.25) is 0 Å².